The number of aromatic hydroxyl groups is 2. The van der Waals surface area contributed by atoms with Crippen molar-refractivity contribution < 1.29 is 28.1 Å². The first-order chi connectivity index (χ1) is 64.2. The predicted octanol–water partition coefficient (Wildman–Crippen LogP) is 34.2. The molecule has 2 N–H and O–H groups in total. The molecule has 14 heteroatoms. The van der Waals surface area contributed by atoms with E-state index in [0.717, 1.165) is 59.3 Å². The minimum atomic E-state index is -0.919. The highest BCUT2D eigenvalue weighted by atomic mass is 35.5. The largest absolute Gasteiger partial charge is 0.508 e. The summed E-state index contributed by atoms with van der Waals surface area (Å²) in [6.45, 7) is 41.7. The topological polar surface area (TPSA) is 106 Å². The third kappa shape index (κ3) is 57.6. The fourth-order valence-corrected chi connectivity index (χ4v) is 12.4. The molecule has 6 aromatic heterocycles. The number of nitrogens with zero attached hydrogens (tertiary/aromatic N) is 5. The van der Waals surface area contributed by atoms with Gasteiger partial charge in [0.05, 0.1) is 18.6 Å². The summed E-state index contributed by atoms with van der Waals surface area (Å²) in [5.74, 6) is -1.62. The van der Waals surface area contributed by atoms with Crippen LogP contribution in [-0.4, -0.2) is 41.3 Å². The molecule has 0 saturated carbocycles. The van der Waals surface area contributed by atoms with Crippen LogP contribution in [0.15, 0.2) is 399 Å². The molecule has 0 unspecified atom stereocenters. The Morgan fingerprint density at radius 1 is 0.366 bits per heavy atom. The maximum atomic E-state index is 12.4. The van der Waals surface area contributed by atoms with Gasteiger partial charge in [-0.3, -0.25) is 15.0 Å². The molecule has 8 nitrogen and oxygen atoms in total. The van der Waals surface area contributed by atoms with Gasteiger partial charge in [-0.1, -0.05) is 318 Å². The quantitative estimate of drug-likeness (QED) is 0.177. The average Bonchev–Trinajstić information content (AvgIpc) is 1.11. The molecule has 18 aromatic rings. The van der Waals surface area contributed by atoms with Crippen LogP contribution in [0.4, 0.5) is 13.2 Å². The van der Waals surface area contributed by atoms with Crippen LogP contribution in [0.5, 0.6) is 17.2 Å². The molecule has 6 heterocycles. The lowest BCUT2D eigenvalue weighted by molar-refractivity contribution is 0.317. The van der Waals surface area contributed by atoms with Crippen molar-refractivity contribution in [2.45, 2.75) is 151 Å². The van der Waals surface area contributed by atoms with Crippen LogP contribution < -0.4 is 4.74 Å². The molecule has 134 heavy (non-hydrogen) atoms. The zero-order chi connectivity index (χ0) is 98.6. The van der Waals surface area contributed by atoms with Gasteiger partial charge in [-0.15, -0.1) is 11.3 Å². The Balaban J connectivity index is 0.000000370. The molecular formula is C120H137ClF3N5O3S2. The molecule has 0 saturated heterocycles. The first-order valence-corrected chi connectivity index (χ1v) is 46.7. The van der Waals surface area contributed by atoms with Crippen molar-refractivity contribution in [2.24, 2.45) is 7.05 Å². The van der Waals surface area contributed by atoms with Gasteiger partial charge in [0, 0.05) is 59.8 Å². The molecule has 0 aliphatic heterocycles. The van der Waals surface area contributed by atoms with Gasteiger partial charge in [0.15, 0.2) is 17.4 Å². The highest BCUT2D eigenvalue weighted by molar-refractivity contribution is 7.09. The molecular weight excluding hydrogens is 1720 g/mol. The number of aryl methyl sites for hydroxylation is 20. The highest BCUT2D eigenvalue weighted by Gasteiger charge is 2.07. The second-order valence-corrected chi connectivity index (χ2v) is 34.0. The molecule has 0 spiro atoms. The molecule has 0 aliphatic rings. The zero-order valence-electron chi connectivity index (χ0n) is 82.1. The number of phenols is 2. The van der Waals surface area contributed by atoms with Gasteiger partial charge in [0.25, 0.3) is 0 Å². The van der Waals surface area contributed by atoms with Crippen molar-refractivity contribution in [1.82, 2.24) is 24.5 Å². The van der Waals surface area contributed by atoms with E-state index in [2.05, 4.69) is 295 Å². The number of pyridine rings is 3. The summed E-state index contributed by atoms with van der Waals surface area (Å²) in [5.41, 5.74) is 24.6. The predicted molar refractivity (Wildman–Crippen MR) is 571 cm³/mol. The lowest BCUT2D eigenvalue weighted by Crippen LogP contribution is -1.94. The van der Waals surface area contributed by atoms with E-state index in [-0.39, 0.29) is 5.82 Å². The first-order valence-electron chi connectivity index (χ1n) is 44.5. The minimum absolute atomic E-state index is 0.171. The number of phenolic OH excluding ortho intramolecular Hbond substituents is 2. The Hall–Kier alpha value is -13.6. The van der Waals surface area contributed by atoms with Crippen LogP contribution in [0, 0.1) is 142 Å². The van der Waals surface area contributed by atoms with E-state index in [9.17, 15) is 13.2 Å². The third-order valence-corrected chi connectivity index (χ3v) is 20.2. The van der Waals surface area contributed by atoms with Crippen LogP contribution in [0.3, 0.4) is 0 Å². The number of benzene rings is 12. The fraction of sp³-hybridized carbons (Fsp3) is 0.200. The van der Waals surface area contributed by atoms with E-state index in [0.29, 0.717) is 11.3 Å². The molecule has 0 radical (unpaired) electrons. The standard InChI is InChI=1S/C13H12.C11H10.C10H14O.2C9H12.C7H7Cl.C7H6F2O.C7H7F.C7H8O.C7H8.3C6H7N.C5H8N2.2C5H6S/c1-11-7-9-13(10-8-11)12-5-3-2-4-6-12;1-9-5-4-7-10-6-2-3-8-11(9)10;1-3-8-11-10-6-4-9(2)5-7-10;1-7-4-8(2)6-9(3)5-7;1-3-9-6-4-8(2)5-7-9;1-6-2-4-7(8)5-3-6;1-4-2-5(8)7(10)6(9)3-4;2*1-6-2-4-7(8)5-3-6;1-7-5-3-2-4-6-7;1-6-2-4-7-5-3-6;1-6-3-2-4-7-5-6;1-6-4-2-3-5-7-6;1-5-3-7(2)4-6-5;1-5-2-3-6-4-5;1-5-3-2-4-6-5/h2-10H,1H3;2-8H,1H3;4-7H,3,8H2,1-2H3;4-6H,1-3H3;4-7H,3H2,1-2H3;2-5H,1H3;2-3,10H,1H3;2-5H,1H3;2-5,8H,1H3;2-6H,1H3;3*2-5H,1H3;3-4H,1-2H3;2*2-4H,1H3. The fourth-order valence-electron chi connectivity index (χ4n) is 11.0. The van der Waals surface area contributed by atoms with Crippen molar-refractivity contribution >= 4 is 45.0 Å². The van der Waals surface area contributed by atoms with Crippen LogP contribution in [0.2, 0.25) is 5.02 Å². The molecule has 12 aromatic carbocycles. The number of hydrogen-bond donors (Lipinski definition) is 2. The van der Waals surface area contributed by atoms with Crippen molar-refractivity contribution in [3.8, 4) is 28.4 Å². The van der Waals surface area contributed by atoms with Crippen LogP contribution in [0.25, 0.3) is 21.9 Å². The lowest BCUT2D eigenvalue weighted by atomic mass is 10.0. The van der Waals surface area contributed by atoms with Crippen LogP contribution in [-0.2, 0) is 13.5 Å². The number of rotatable bonds is 5. The molecule has 0 fully saturated rings. The monoisotopic (exact) mass is 1850 g/mol. The van der Waals surface area contributed by atoms with Gasteiger partial charge in [-0.25, -0.2) is 18.2 Å². The Bertz CT molecular complexity index is 5500. The van der Waals surface area contributed by atoms with E-state index in [1.165, 1.54) is 117 Å². The molecule has 700 valence electrons. The van der Waals surface area contributed by atoms with E-state index >= 15 is 0 Å². The maximum absolute atomic E-state index is 12.4. The average molecular weight is 1850 g/mol. The summed E-state index contributed by atoms with van der Waals surface area (Å²) in [7, 11) is 1.96. The SMILES string of the molecule is CCCOc1ccc(C)cc1.CCc1ccc(C)cc1.Cc1cc(C)cc(C)c1.Cc1cc(F)c(O)c(F)c1.Cc1ccc(-c2ccccc2)cc1.Cc1ccc(Cl)cc1.Cc1ccc(F)cc1.Cc1ccc(O)cc1.Cc1cccc2ccccc12.Cc1ccccc1.Cc1ccccn1.Cc1cccnc1.Cc1cccs1.Cc1ccncc1.Cc1ccsc1.Cc1cn(C)cn1. The number of halogens is 4. The van der Waals surface area contributed by atoms with E-state index in [4.69, 9.17) is 26.6 Å². The Morgan fingerprint density at radius 2 is 0.828 bits per heavy atom. The minimum Gasteiger partial charge on any atom is -0.508 e. The van der Waals surface area contributed by atoms with Crippen molar-refractivity contribution in [3.63, 3.8) is 0 Å². The number of ether oxygens (including phenoxy) is 1. The zero-order valence-corrected chi connectivity index (χ0v) is 84.5. The second-order valence-electron chi connectivity index (χ2n) is 31.6. The van der Waals surface area contributed by atoms with Gasteiger partial charge < -0.3 is 19.5 Å². The van der Waals surface area contributed by atoms with Crippen molar-refractivity contribution in [1.29, 1.82) is 0 Å². The number of aromatic nitrogens is 5. The third-order valence-electron chi connectivity index (χ3n) is 18.3. The number of imidazole rings is 1. The normalized spacial score (nSPS) is 9.38. The number of hydrogen-bond acceptors (Lipinski definition) is 9. The summed E-state index contributed by atoms with van der Waals surface area (Å²) in [4.78, 5) is 17.1. The molecule has 18 rings (SSSR count). The van der Waals surface area contributed by atoms with E-state index < -0.39 is 17.4 Å². The summed E-state index contributed by atoms with van der Waals surface area (Å²) in [5, 5.41) is 27.1. The van der Waals surface area contributed by atoms with Gasteiger partial charge in [-0.2, -0.15) is 11.3 Å². The number of thiophene rings is 2. The second kappa shape index (κ2) is 69.3. The van der Waals surface area contributed by atoms with Crippen molar-refractivity contribution in [2.75, 3.05) is 6.61 Å². The summed E-state index contributed by atoms with van der Waals surface area (Å²) in [6.07, 6.45) is 14.9. The smallest absolute Gasteiger partial charge is 0.187 e. The van der Waals surface area contributed by atoms with Crippen LogP contribution >= 0.6 is 34.3 Å². The highest BCUT2D eigenvalue weighted by Crippen LogP contribution is 2.23. The molecule has 0 bridgehead atoms. The first kappa shape index (κ1) is 115. The molecule has 0 atom stereocenters. The Morgan fingerprint density at radius 3 is 1.18 bits per heavy atom. The Labute approximate surface area is 812 Å². The van der Waals surface area contributed by atoms with Crippen LogP contribution in [0.1, 0.15) is 126 Å². The maximum Gasteiger partial charge on any atom is 0.187 e. The molecule has 0 aliphatic carbocycles. The van der Waals surface area contributed by atoms with Gasteiger partial charge in [-0.05, 0) is 312 Å². The van der Waals surface area contributed by atoms with Gasteiger partial charge in [0.2, 0.25) is 0 Å². The summed E-state index contributed by atoms with van der Waals surface area (Å²) in [6, 6.07) is 111. The number of fused-ring (bicyclic) bond motifs is 1. The van der Waals surface area contributed by atoms with Gasteiger partial charge in [0.1, 0.15) is 17.3 Å². The summed E-state index contributed by atoms with van der Waals surface area (Å²) < 4.78 is 44.1. The Kier molecular flexibility index (Phi) is 59.3. The summed E-state index contributed by atoms with van der Waals surface area (Å²) >= 11 is 9.13. The van der Waals surface area contributed by atoms with Gasteiger partial charge >= 0.3 is 0 Å². The van der Waals surface area contributed by atoms with Crippen molar-refractivity contribution in [3.05, 3.63) is 527 Å². The molecule has 0 amide bonds. The lowest BCUT2D eigenvalue weighted by Gasteiger charge is -2.03. The van der Waals surface area contributed by atoms with E-state index in [1.807, 2.05) is 188 Å². The van der Waals surface area contributed by atoms with E-state index in [1.54, 1.807) is 85.0 Å².